The van der Waals surface area contributed by atoms with Gasteiger partial charge in [-0.05, 0) is 30.3 Å². The average molecular weight is 380 g/mol. The highest BCUT2D eigenvalue weighted by molar-refractivity contribution is 6.30. The van der Waals surface area contributed by atoms with E-state index in [-0.39, 0.29) is 12.5 Å². The van der Waals surface area contributed by atoms with Gasteiger partial charge in [0.25, 0.3) is 5.91 Å². The van der Waals surface area contributed by atoms with E-state index in [1.807, 2.05) is 19.2 Å². The average Bonchev–Trinajstić information content (AvgIpc) is 2.61. The van der Waals surface area contributed by atoms with Gasteiger partial charge in [-0.1, -0.05) is 11.6 Å². The number of halogens is 1. The van der Waals surface area contributed by atoms with Crippen LogP contribution in [0.1, 0.15) is 5.56 Å². The van der Waals surface area contributed by atoms with Gasteiger partial charge in [0.05, 0.1) is 34.1 Å². The Kier molecular flexibility index (Phi) is 7.12. The van der Waals surface area contributed by atoms with Gasteiger partial charge in [-0.25, -0.2) is 0 Å². The van der Waals surface area contributed by atoms with Crippen LogP contribution in [0.3, 0.4) is 0 Å². The maximum Gasteiger partial charge on any atom is 0.279 e. The fourth-order valence-corrected chi connectivity index (χ4v) is 2.85. The lowest BCUT2D eigenvalue weighted by Gasteiger charge is -2.17. The summed E-state index contributed by atoms with van der Waals surface area (Å²) in [6.45, 7) is 0.877. The zero-order valence-electron chi connectivity index (χ0n) is 15.4. The number of ether oxygens (including phenoxy) is 3. The Labute approximate surface area is 158 Å². The fourth-order valence-electron chi connectivity index (χ4n) is 2.65. The summed E-state index contributed by atoms with van der Waals surface area (Å²) >= 11 is 6.06. The Morgan fingerprint density at radius 1 is 1.04 bits per heavy atom. The molecule has 0 saturated heterocycles. The summed E-state index contributed by atoms with van der Waals surface area (Å²) < 4.78 is 15.8. The minimum atomic E-state index is -0.130. The van der Waals surface area contributed by atoms with E-state index in [2.05, 4.69) is 5.32 Å². The maximum absolute atomic E-state index is 12.4. The second-order valence-corrected chi connectivity index (χ2v) is 6.32. The number of hydrogen-bond donors (Lipinski definition) is 2. The summed E-state index contributed by atoms with van der Waals surface area (Å²) in [4.78, 5) is 13.4. The first-order valence-electron chi connectivity index (χ1n) is 8.12. The Bertz CT molecular complexity index is 767. The van der Waals surface area contributed by atoms with Crippen molar-refractivity contribution >= 4 is 23.2 Å². The van der Waals surface area contributed by atoms with Crippen molar-refractivity contribution < 1.29 is 23.9 Å². The minimum Gasteiger partial charge on any atom is -0.497 e. The molecule has 7 heteroatoms. The van der Waals surface area contributed by atoms with Gasteiger partial charge in [0.2, 0.25) is 0 Å². The van der Waals surface area contributed by atoms with Gasteiger partial charge in [-0.15, -0.1) is 0 Å². The molecule has 2 aromatic rings. The van der Waals surface area contributed by atoms with Crippen molar-refractivity contribution in [3.63, 3.8) is 0 Å². The van der Waals surface area contributed by atoms with Gasteiger partial charge in [0, 0.05) is 16.7 Å². The smallest absolute Gasteiger partial charge is 0.279 e. The highest BCUT2D eigenvalue weighted by Crippen LogP contribution is 2.28. The maximum atomic E-state index is 12.4. The summed E-state index contributed by atoms with van der Waals surface area (Å²) in [6.07, 6.45) is 0. The normalized spacial score (nSPS) is 11.6. The third-order valence-corrected chi connectivity index (χ3v) is 4.11. The number of nitrogens with one attached hydrogen (secondary N) is 2. The second-order valence-electron chi connectivity index (χ2n) is 5.88. The third kappa shape index (κ3) is 5.28. The van der Waals surface area contributed by atoms with Crippen LogP contribution in [0, 0.1) is 0 Å². The zero-order chi connectivity index (χ0) is 19.1. The molecular formula is C19H24ClN2O4+. The van der Waals surface area contributed by atoms with Crippen LogP contribution in [0.4, 0.5) is 5.69 Å². The van der Waals surface area contributed by atoms with Crippen LogP contribution in [0.5, 0.6) is 17.2 Å². The van der Waals surface area contributed by atoms with Crippen molar-refractivity contribution in [2.24, 2.45) is 0 Å². The van der Waals surface area contributed by atoms with E-state index in [9.17, 15) is 4.79 Å². The van der Waals surface area contributed by atoms with E-state index >= 15 is 0 Å². The largest absolute Gasteiger partial charge is 0.497 e. The molecule has 1 unspecified atom stereocenters. The first-order chi connectivity index (χ1) is 12.5. The molecule has 0 heterocycles. The van der Waals surface area contributed by atoms with Crippen LogP contribution in [-0.4, -0.2) is 40.8 Å². The summed E-state index contributed by atoms with van der Waals surface area (Å²) in [7, 11) is 6.68. The molecule has 140 valence electrons. The molecule has 0 radical (unpaired) electrons. The van der Waals surface area contributed by atoms with E-state index in [1.165, 1.54) is 0 Å². The Morgan fingerprint density at radius 2 is 1.73 bits per heavy atom. The number of benzene rings is 2. The minimum absolute atomic E-state index is 0.130. The molecule has 1 atom stereocenters. The lowest BCUT2D eigenvalue weighted by Crippen LogP contribution is -3.08. The molecule has 2 rings (SSSR count). The molecule has 0 aliphatic rings. The number of hydrogen-bond acceptors (Lipinski definition) is 4. The van der Waals surface area contributed by atoms with Crippen LogP contribution < -0.4 is 24.4 Å². The molecule has 26 heavy (non-hydrogen) atoms. The molecule has 1 amide bonds. The molecule has 0 fully saturated rings. The quantitative estimate of drug-likeness (QED) is 0.736. The zero-order valence-corrected chi connectivity index (χ0v) is 16.1. The van der Waals surface area contributed by atoms with Crippen LogP contribution in [0.2, 0.25) is 5.02 Å². The fraction of sp³-hybridized carbons (Fsp3) is 0.316. The van der Waals surface area contributed by atoms with Crippen LogP contribution >= 0.6 is 11.6 Å². The van der Waals surface area contributed by atoms with Crippen molar-refractivity contribution in [3.8, 4) is 17.2 Å². The first kappa shape index (κ1) is 19.9. The molecule has 0 bridgehead atoms. The van der Waals surface area contributed by atoms with E-state index in [1.54, 1.807) is 45.6 Å². The summed E-state index contributed by atoms with van der Waals surface area (Å²) in [5.41, 5.74) is 1.52. The molecule has 0 saturated carbocycles. The van der Waals surface area contributed by atoms with Gasteiger partial charge in [-0.3, -0.25) is 4.79 Å². The molecule has 0 aromatic heterocycles. The van der Waals surface area contributed by atoms with Crippen molar-refractivity contribution in [2.75, 3.05) is 40.2 Å². The van der Waals surface area contributed by atoms with Crippen molar-refractivity contribution in [3.05, 3.63) is 47.0 Å². The van der Waals surface area contributed by atoms with Gasteiger partial charge < -0.3 is 24.4 Å². The highest BCUT2D eigenvalue weighted by Gasteiger charge is 2.16. The predicted octanol–water partition coefficient (Wildman–Crippen LogP) is 2.02. The summed E-state index contributed by atoms with van der Waals surface area (Å²) in [5, 5.41) is 3.51. The summed E-state index contributed by atoms with van der Waals surface area (Å²) in [5.74, 6) is 1.84. The highest BCUT2D eigenvalue weighted by atomic mass is 35.5. The van der Waals surface area contributed by atoms with E-state index in [0.717, 1.165) is 16.2 Å². The van der Waals surface area contributed by atoms with Crippen LogP contribution in [-0.2, 0) is 11.3 Å². The Balaban J connectivity index is 2.03. The Morgan fingerprint density at radius 3 is 2.38 bits per heavy atom. The second kappa shape index (κ2) is 9.31. The number of carbonyl (C=O) groups is 1. The number of carbonyl (C=O) groups excluding carboxylic acids is 1. The monoisotopic (exact) mass is 379 g/mol. The number of amides is 1. The van der Waals surface area contributed by atoms with Crippen molar-refractivity contribution in [1.29, 1.82) is 0 Å². The summed E-state index contributed by atoms with van der Waals surface area (Å²) in [6, 6.07) is 10.7. The van der Waals surface area contributed by atoms with Crippen LogP contribution in [0.25, 0.3) is 0 Å². The number of quaternary nitrogens is 1. The lowest BCUT2D eigenvalue weighted by molar-refractivity contribution is -0.885. The van der Waals surface area contributed by atoms with Gasteiger partial charge in [0.1, 0.15) is 23.8 Å². The number of rotatable bonds is 8. The van der Waals surface area contributed by atoms with Crippen LogP contribution in [0.15, 0.2) is 36.4 Å². The van der Waals surface area contributed by atoms with Crippen molar-refractivity contribution in [2.45, 2.75) is 6.54 Å². The standard InChI is InChI=1S/C19H23ClN2O4/c1-22(11-13-9-14(20)5-7-17(13)25-3)12-19(23)21-16-10-15(24-2)6-8-18(16)26-4/h5-10H,11-12H2,1-4H3,(H,21,23)/p+1. The molecule has 0 spiro atoms. The van der Waals surface area contributed by atoms with Gasteiger partial charge >= 0.3 is 0 Å². The topological polar surface area (TPSA) is 61.2 Å². The SMILES string of the molecule is COc1ccc(OC)c(NC(=O)C[NH+](C)Cc2cc(Cl)ccc2OC)c1. The van der Waals surface area contributed by atoms with Crippen molar-refractivity contribution in [1.82, 2.24) is 0 Å². The third-order valence-electron chi connectivity index (χ3n) is 3.88. The lowest BCUT2D eigenvalue weighted by atomic mass is 10.2. The predicted molar refractivity (Wildman–Crippen MR) is 102 cm³/mol. The molecule has 6 nitrogen and oxygen atoms in total. The molecule has 0 aliphatic heterocycles. The number of anilines is 1. The molecule has 2 N–H and O–H groups in total. The number of methoxy groups -OCH3 is 3. The van der Waals surface area contributed by atoms with Gasteiger partial charge in [-0.2, -0.15) is 0 Å². The molecule has 2 aromatic carbocycles. The molecule has 0 aliphatic carbocycles. The van der Waals surface area contributed by atoms with E-state index in [0.29, 0.717) is 28.8 Å². The number of likely N-dealkylation sites (N-methyl/N-ethyl adjacent to an activating group) is 1. The Hall–Kier alpha value is -2.44. The van der Waals surface area contributed by atoms with Gasteiger partial charge in [0.15, 0.2) is 6.54 Å². The van der Waals surface area contributed by atoms with E-state index < -0.39 is 0 Å². The van der Waals surface area contributed by atoms with E-state index in [4.69, 9.17) is 25.8 Å². The first-order valence-corrected chi connectivity index (χ1v) is 8.50. The molecular weight excluding hydrogens is 356 g/mol.